The molecule has 6 nitrogen and oxygen atoms in total. The van der Waals surface area contributed by atoms with Crippen LogP contribution in [0.4, 0.5) is 21.5 Å². The van der Waals surface area contributed by atoms with Gasteiger partial charge in [0.25, 0.3) is 5.91 Å². The van der Waals surface area contributed by atoms with Gasteiger partial charge in [-0.15, -0.1) is 0 Å². The van der Waals surface area contributed by atoms with E-state index in [-0.39, 0.29) is 11.5 Å². The Morgan fingerprint density at radius 2 is 1.63 bits per heavy atom. The summed E-state index contributed by atoms with van der Waals surface area (Å²) in [6.45, 7) is 17.7. The van der Waals surface area contributed by atoms with Gasteiger partial charge in [-0.25, -0.2) is 9.24 Å². The first kappa shape index (κ1) is 22.9. The van der Waals surface area contributed by atoms with Crippen molar-refractivity contribution >= 4 is 28.9 Å². The lowest BCUT2D eigenvalue weighted by Crippen LogP contribution is -2.44. The number of halogens is 1. The Morgan fingerprint density at radius 3 is 2.17 bits per heavy atom. The van der Waals surface area contributed by atoms with Crippen LogP contribution in [0.3, 0.4) is 0 Å². The van der Waals surface area contributed by atoms with Crippen LogP contribution in [-0.2, 0) is 4.79 Å². The van der Waals surface area contributed by atoms with Crippen molar-refractivity contribution in [3.05, 3.63) is 64.8 Å². The molecule has 0 heterocycles. The van der Waals surface area contributed by atoms with Crippen molar-refractivity contribution in [1.82, 2.24) is 5.32 Å². The number of rotatable bonds is 5. The number of nitrogens with one attached hydrogen (secondary N) is 3. The van der Waals surface area contributed by atoms with Gasteiger partial charge < -0.3 is 16.0 Å². The molecular formula is C23H27FN4O2. The normalized spacial score (nSPS) is 11.4. The molecule has 2 aromatic rings. The zero-order valence-electron chi connectivity index (χ0n) is 18.1. The van der Waals surface area contributed by atoms with Gasteiger partial charge >= 0.3 is 0 Å². The Hall–Kier alpha value is -3.40. The Kier molecular flexibility index (Phi) is 6.51. The zero-order chi connectivity index (χ0) is 22.7. The summed E-state index contributed by atoms with van der Waals surface area (Å²) in [7, 11) is 0. The maximum atomic E-state index is 14.5. The van der Waals surface area contributed by atoms with E-state index in [2.05, 4.69) is 20.8 Å². The highest BCUT2D eigenvalue weighted by atomic mass is 19.1. The molecule has 2 amide bonds. The summed E-state index contributed by atoms with van der Waals surface area (Å²) in [5.41, 5.74) is 0.629. The minimum atomic E-state index is -1.06. The number of benzene rings is 2. The van der Waals surface area contributed by atoms with Crippen LogP contribution < -0.4 is 16.0 Å². The topological polar surface area (TPSA) is 74.6 Å². The molecule has 0 aromatic heterocycles. The van der Waals surface area contributed by atoms with Crippen LogP contribution >= 0.6 is 0 Å². The number of carbonyl (C=O) groups excluding carboxylic acids is 2. The molecule has 0 saturated carbocycles. The summed E-state index contributed by atoms with van der Waals surface area (Å²) in [6, 6.07) is 9.18. The smallest absolute Gasteiger partial charge is 0.254 e. The average Bonchev–Trinajstić information content (AvgIpc) is 2.60. The SMILES string of the molecule is [C-]#[N+]c1ccc(NC(=O)C(C)(C)Nc2ccc(C(=O)NC(C)(C)C)c(F)c2)cc1C. The minimum absolute atomic E-state index is 0.0619. The quantitative estimate of drug-likeness (QED) is 0.605. The number of hydrogen-bond donors (Lipinski definition) is 3. The summed E-state index contributed by atoms with van der Waals surface area (Å²) in [4.78, 5) is 28.3. The highest BCUT2D eigenvalue weighted by molar-refractivity contribution is 6.00. The standard InChI is InChI=1S/C23H27FN4O2/c1-14-12-15(9-11-19(14)25-7)26-21(30)23(5,6)27-16-8-10-17(18(24)13-16)20(29)28-22(2,3)4/h8-13,27H,1-6H3,(H,26,30)(H,28,29). The molecule has 2 rings (SSSR count). The third-order valence-electron chi connectivity index (χ3n) is 4.30. The van der Waals surface area contributed by atoms with Crippen molar-refractivity contribution in [1.29, 1.82) is 0 Å². The van der Waals surface area contributed by atoms with Crippen LogP contribution in [0, 0.1) is 19.3 Å². The molecule has 3 N–H and O–H groups in total. The first-order valence-corrected chi connectivity index (χ1v) is 9.52. The van der Waals surface area contributed by atoms with E-state index in [1.165, 1.54) is 12.1 Å². The predicted octanol–water partition coefficient (Wildman–Crippen LogP) is 5.04. The predicted molar refractivity (Wildman–Crippen MR) is 117 cm³/mol. The van der Waals surface area contributed by atoms with Gasteiger partial charge in [0.15, 0.2) is 5.69 Å². The molecule has 0 saturated heterocycles. The van der Waals surface area contributed by atoms with Crippen LogP contribution in [0.2, 0.25) is 0 Å². The van der Waals surface area contributed by atoms with Crippen LogP contribution in [0.5, 0.6) is 0 Å². The molecule has 158 valence electrons. The van der Waals surface area contributed by atoms with Gasteiger partial charge in [-0.05, 0) is 77.4 Å². The maximum Gasteiger partial charge on any atom is 0.254 e. The van der Waals surface area contributed by atoms with Gasteiger partial charge in [0, 0.05) is 16.9 Å². The molecule has 0 aliphatic rings. The molecule has 30 heavy (non-hydrogen) atoms. The second-order valence-electron chi connectivity index (χ2n) is 8.72. The van der Waals surface area contributed by atoms with Crippen LogP contribution in [0.25, 0.3) is 4.85 Å². The maximum absolute atomic E-state index is 14.5. The molecule has 0 spiro atoms. The van der Waals surface area contributed by atoms with E-state index in [1.807, 2.05) is 20.8 Å². The summed E-state index contributed by atoms with van der Waals surface area (Å²) in [5, 5.41) is 8.52. The lowest BCUT2D eigenvalue weighted by molar-refractivity contribution is -0.119. The molecule has 0 radical (unpaired) electrons. The molecular weight excluding hydrogens is 383 g/mol. The number of nitrogens with zero attached hydrogens (tertiary/aromatic N) is 1. The Balaban J connectivity index is 2.13. The largest absolute Gasteiger partial charge is 0.372 e. The van der Waals surface area contributed by atoms with Crippen molar-refractivity contribution < 1.29 is 14.0 Å². The first-order valence-electron chi connectivity index (χ1n) is 9.52. The minimum Gasteiger partial charge on any atom is -0.372 e. The number of anilines is 2. The zero-order valence-corrected chi connectivity index (χ0v) is 18.1. The molecule has 0 bridgehead atoms. The molecule has 0 fully saturated rings. The fraction of sp³-hybridized carbons (Fsp3) is 0.348. The van der Waals surface area contributed by atoms with Crippen LogP contribution in [0.15, 0.2) is 36.4 Å². The van der Waals surface area contributed by atoms with Crippen molar-refractivity contribution in [3.63, 3.8) is 0 Å². The number of amides is 2. The van der Waals surface area contributed by atoms with Crippen molar-refractivity contribution in [3.8, 4) is 0 Å². The third kappa shape index (κ3) is 5.80. The molecule has 0 aliphatic heterocycles. The van der Waals surface area contributed by atoms with E-state index in [4.69, 9.17) is 6.57 Å². The van der Waals surface area contributed by atoms with Gasteiger partial charge in [0.05, 0.1) is 12.1 Å². The molecule has 0 aliphatic carbocycles. The Labute approximate surface area is 176 Å². The second kappa shape index (κ2) is 8.54. The fourth-order valence-corrected chi connectivity index (χ4v) is 2.75. The number of carbonyl (C=O) groups is 2. The average molecular weight is 410 g/mol. The number of aryl methyl sites for hydroxylation is 1. The molecule has 7 heteroatoms. The summed E-state index contributed by atoms with van der Waals surface area (Å²) in [5.74, 6) is -1.50. The lowest BCUT2D eigenvalue weighted by atomic mass is 10.0. The molecule has 0 unspecified atom stereocenters. The number of hydrogen-bond acceptors (Lipinski definition) is 3. The molecule has 2 aromatic carbocycles. The first-order chi connectivity index (χ1) is 13.8. The van der Waals surface area contributed by atoms with Gasteiger partial charge in [0.2, 0.25) is 5.91 Å². The summed E-state index contributed by atoms with van der Waals surface area (Å²) < 4.78 is 14.5. The van der Waals surface area contributed by atoms with Crippen molar-refractivity contribution in [2.24, 2.45) is 0 Å². The second-order valence-corrected chi connectivity index (χ2v) is 8.72. The van der Waals surface area contributed by atoms with Crippen LogP contribution in [-0.4, -0.2) is 22.9 Å². The van der Waals surface area contributed by atoms with E-state index >= 15 is 0 Å². The fourth-order valence-electron chi connectivity index (χ4n) is 2.75. The van der Waals surface area contributed by atoms with Crippen molar-refractivity contribution in [2.45, 2.75) is 52.6 Å². The highest BCUT2D eigenvalue weighted by Gasteiger charge is 2.28. The highest BCUT2D eigenvalue weighted by Crippen LogP contribution is 2.24. The van der Waals surface area contributed by atoms with E-state index in [0.29, 0.717) is 17.1 Å². The summed E-state index contributed by atoms with van der Waals surface area (Å²) in [6.07, 6.45) is 0. The Bertz CT molecular complexity index is 1020. The van der Waals surface area contributed by atoms with Crippen molar-refractivity contribution in [2.75, 3.05) is 10.6 Å². The van der Waals surface area contributed by atoms with Gasteiger partial charge in [-0.1, -0.05) is 6.07 Å². The van der Waals surface area contributed by atoms with Gasteiger partial charge in [-0.2, -0.15) is 0 Å². The Morgan fingerprint density at radius 1 is 1.00 bits per heavy atom. The van der Waals surface area contributed by atoms with E-state index < -0.39 is 22.8 Å². The van der Waals surface area contributed by atoms with Gasteiger partial charge in [0.1, 0.15) is 11.4 Å². The molecule has 0 atom stereocenters. The lowest BCUT2D eigenvalue weighted by Gasteiger charge is -2.27. The van der Waals surface area contributed by atoms with Gasteiger partial charge in [-0.3, -0.25) is 9.59 Å². The van der Waals surface area contributed by atoms with Crippen LogP contribution in [0.1, 0.15) is 50.5 Å². The van der Waals surface area contributed by atoms with E-state index in [9.17, 15) is 14.0 Å². The summed E-state index contributed by atoms with van der Waals surface area (Å²) >= 11 is 0. The van der Waals surface area contributed by atoms with E-state index in [1.54, 1.807) is 45.0 Å². The monoisotopic (exact) mass is 410 g/mol. The third-order valence-corrected chi connectivity index (χ3v) is 4.30. The van der Waals surface area contributed by atoms with E-state index in [0.717, 1.165) is 5.56 Å².